The van der Waals surface area contributed by atoms with Crippen LogP contribution in [-0.4, -0.2) is 9.97 Å². The summed E-state index contributed by atoms with van der Waals surface area (Å²) in [5, 5.41) is 2.27. The van der Waals surface area contributed by atoms with E-state index in [4.69, 9.17) is 4.42 Å². The Hall–Kier alpha value is -3.59. The van der Waals surface area contributed by atoms with Gasteiger partial charge in [-0.25, -0.2) is 0 Å². The topological polar surface area (TPSA) is 38.9 Å². The Morgan fingerprint density at radius 1 is 0.750 bits per heavy atom. The van der Waals surface area contributed by atoms with Crippen molar-refractivity contribution in [3.63, 3.8) is 0 Å². The number of fused-ring (bicyclic) bond motifs is 3. The third kappa shape index (κ3) is 6.41. The molecule has 0 atom stereocenters. The van der Waals surface area contributed by atoms with Crippen molar-refractivity contribution in [1.29, 1.82) is 0 Å². The van der Waals surface area contributed by atoms with Crippen LogP contribution in [0.3, 0.4) is 0 Å². The zero-order chi connectivity index (χ0) is 27.5. The number of pyridine rings is 2. The molecule has 205 valence electrons. The Balaban J connectivity index is 0.000000192. The molecule has 3 aromatic carbocycles. The van der Waals surface area contributed by atoms with Gasteiger partial charge in [-0.2, -0.15) is 0 Å². The Kier molecular flexibility index (Phi) is 9.35. The molecule has 0 saturated heterocycles. The van der Waals surface area contributed by atoms with Gasteiger partial charge in [0.1, 0.15) is 5.58 Å². The van der Waals surface area contributed by atoms with Crippen molar-refractivity contribution in [2.45, 2.75) is 53.4 Å². The average molecular weight is 703 g/mol. The van der Waals surface area contributed by atoms with Crippen molar-refractivity contribution in [3.05, 3.63) is 120 Å². The van der Waals surface area contributed by atoms with Crippen LogP contribution in [-0.2, 0) is 20.1 Å². The maximum absolute atomic E-state index is 6.12. The summed E-state index contributed by atoms with van der Waals surface area (Å²) in [6.45, 7) is 12.9. The van der Waals surface area contributed by atoms with Crippen LogP contribution in [0.15, 0.2) is 89.6 Å². The number of hydrogen-bond donors (Lipinski definition) is 0. The predicted molar refractivity (Wildman–Crippen MR) is 162 cm³/mol. The molecule has 0 aliphatic heterocycles. The average Bonchev–Trinajstić information content (AvgIpc) is 3.32. The molecule has 0 unspecified atom stereocenters. The first kappa shape index (κ1) is 29.4. The number of rotatable bonds is 4. The fourth-order valence-corrected chi connectivity index (χ4v) is 4.61. The fourth-order valence-electron chi connectivity index (χ4n) is 4.61. The minimum Gasteiger partial charge on any atom is -0.501 e. The third-order valence-corrected chi connectivity index (χ3v) is 6.94. The van der Waals surface area contributed by atoms with Gasteiger partial charge in [-0.15, -0.1) is 53.1 Å². The van der Waals surface area contributed by atoms with Crippen LogP contribution in [0.2, 0.25) is 0 Å². The molecule has 3 heterocycles. The molecular weight excluding hydrogens is 669 g/mol. The van der Waals surface area contributed by atoms with Crippen molar-refractivity contribution < 1.29 is 24.5 Å². The number of aryl methyl sites for hydroxylation is 2. The van der Waals surface area contributed by atoms with Gasteiger partial charge in [0.2, 0.25) is 0 Å². The minimum absolute atomic E-state index is 0. The van der Waals surface area contributed by atoms with Crippen LogP contribution in [0.5, 0.6) is 0 Å². The van der Waals surface area contributed by atoms with Crippen molar-refractivity contribution in [1.82, 2.24) is 9.97 Å². The molecule has 0 bridgehead atoms. The second-order valence-corrected chi connectivity index (χ2v) is 10.7. The molecule has 0 spiro atoms. The number of aromatic nitrogens is 2. The van der Waals surface area contributed by atoms with E-state index >= 15 is 0 Å². The second-order valence-electron chi connectivity index (χ2n) is 10.7. The smallest absolute Gasteiger partial charge is 0.120 e. The van der Waals surface area contributed by atoms with E-state index in [0.717, 1.165) is 50.0 Å². The van der Waals surface area contributed by atoms with Gasteiger partial charge < -0.3 is 14.4 Å². The molecular formula is C36H34IrN2O-2. The van der Waals surface area contributed by atoms with Gasteiger partial charge in [-0.1, -0.05) is 93.4 Å². The summed E-state index contributed by atoms with van der Waals surface area (Å²) in [5.74, 6) is 1.02. The molecule has 0 aliphatic carbocycles. The minimum atomic E-state index is 0. The fraction of sp³-hybridized carbons (Fsp3) is 0.222. The van der Waals surface area contributed by atoms with Gasteiger partial charge >= 0.3 is 0 Å². The van der Waals surface area contributed by atoms with E-state index < -0.39 is 0 Å². The molecule has 0 fully saturated rings. The van der Waals surface area contributed by atoms with Gasteiger partial charge in [-0.05, 0) is 41.9 Å². The van der Waals surface area contributed by atoms with Gasteiger partial charge in [0, 0.05) is 37.9 Å². The van der Waals surface area contributed by atoms with E-state index in [1.165, 1.54) is 16.7 Å². The van der Waals surface area contributed by atoms with Gasteiger partial charge in [0.25, 0.3) is 0 Å². The van der Waals surface area contributed by atoms with E-state index in [-0.39, 0.29) is 20.1 Å². The molecule has 3 nitrogen and oxygen atoms in total. The quantitative estimate of drug-likeness (QED) is 0.172. The first-order valence-corrected chi connectivity index (χ1v) is 13.6. The van der Waals surface area contributed by atoms with Gasteiger partial charge in [0.15, 0.2) is 0 Å². The maximum atomic E-state index is 6.12. The largest absolute Gasteiger partial charge is 0.501 e. The normalized spacial score (nSPS) is 11.0. The molecule has 4 heteroatoms. The SMILES string of the molecule is Cc1[c-]c(-c2cc(C(C)C)ccn2)c2oc3ccccc3c2c1.Cc1ccc(-c2[c-]cc(C(C)C)cc2)nc1.[Ir]. The summed E-state index contributed by atoms with van der Waals surface area (Å²) in [6.07, 6.45) is 3.76. The van der Waals surface area contributed by atoms with Gasteiger partial charge in [-0.3, -0.25) is 0 Å². The first-order valence-electron chi connectivity index (χ1n) is 13.6. The van der Waals surface area contributed by atoms with Gasteiger partial charge in [0.05, 0.1) is 5.58 Å². The number of furan rings is 1. The summed E-state index contributed by atoms with van der Waals surface area (Å²) in [7, 11) is 0. The maximum Gasteiger partial charge on any atom is 0.120 e. The van der Waals surface area contributed by atoms with E-state index in [1.807, 2.05) is 43.6 Å². The molecule has 0 amide bonds. The zero-order valence-electron chi connectivity index (χ0n) is 23.9. The molecule has 0 saturated carbocycles. The molecule has 1 radical (unpaired) electrons. The van der Waals surface area contributed by atoms with Crippen LogP contribution in [0.4, 0.5) is 0 Å². The summed E-state index contributed by atoms with van der Waals surface area (Å²) in [4.78, 5) is 8.95. The number of nitrogens with zero attached hydrogens (tertiary/aromatic N) is 2. The molecule has 3 aromatic heterocycles. The molecule has 6 aromatic rings. The Morgan fingerprint density at radius 3 is 2.20 bits per heavy atom. The zero-order valence-corrected chi connectivity index (χ0v) is 26.3. The molecule has 0 aliphatic rings. The Morgan fingerprint density at radius 2 is 1.52 bits per heavy atom. The van der Waals surface area contributed by atoms with Crippen LogP contribution in [0.25, 0.3) is 44.5 Å². The summed E-state index contributed by atoms with van der Waals surface area (Å²) in [5.41, 5.74) is 10.5. The van der Waals surface area contributed by atoms with Crippen LogP contribution < -0.4 is 0 Å². The van der Waals surface area contributed by atoms with Crippen molar-refractivity contribution in [2.24, 2.45) is 0 Å². The van der Waals surface area contributed by atoms with E-state index in [2.05, 4.69) is 105 Å². The monoisotopic (exact) mass is 703 g/mol. The number of hydrogen-bond acceptors (Lipinski definition) is 3. The Labute approximate surface area is 251 Å². The van der Waals surface area contributed by atoms with Crippen molar-refractivity contribution >= 4 is 21.9 Å². The van der Waals surface area contributed by atoms with E-state index in [0.29, 0.717) is 11.8 Å². The van der Waals surface area contributed by atoms with Crippen molar-refractivity contribution in [2.75, 3.05) is 0 Å². The molecule has 40 heavy (non-hydrogen) atoms. The Bertz CT molecular complexity index is 1720. The summed E-state index contributed by atoms with van der Waals surface area (Å²) < 4.78 is 6.12. The standard InChI is InChI=1S/C21H18NO.C15H16N.Ir/c1-13(2)15-8-9-22-19(12-15)18-11-14(3)10-17-16-6-4-5-7-20(16)23-21(17)18;1-11(2)13-5-7-14(8-6-13)15-9-4-12(3)10-16-15;/h4-10,12-13H,1-3H3;4-7,9-11H,1-3H3;/q2*-1;. The molecule has 0 N–H and O–H groups in total. The number of para-hydroxylation sites is 1. The van der Waals surface area contributed by atoms with Crippen LogP contribution in [0.1, 0.15) is 61.8 Å². The number of benzene rings is 3. The van der Waals surface area contributed by atoms with Crippen LogP contribution >= 0.6 is 0 Å². The second kappa shape index (κ2) is 12.7. The third-order valence-electron chi connectivity index (χ3n) is 6.94. The summed E-state index contributed by atoms with van der Waals surface area (Å²) >= 11 is 0. The molecule has 6 rings (SSSR count). The first-order chi connectivity index (χ1) is 18.8. The van der Waals surface area contributed by atoms with Crippen molar-refractivity contribution in [3.8, 4) is 22.5 Å². The van der Waals surface area contributed by atoms with E-state index in [1.54, 1.807) is 0 Å². The predicted octanol–water partition coefficient (Wildman–Crippen LogP) is 9.86. The summed E-state index contributed by atoms with van der Waals surface area (Å²) in [6, 6.07) is 31.6. The van der Waals surface area contributed by atoms with Crippen LogP contribution in [0, 0.1) is 26.0 Å². The van der Waals surface area contributed by atoms with E-state index in [9.17, 15) is 0 Å².